The highest BCUT2D eigenvalue weighted by atomic mass is 127. The van der Waals surface area contributed by atoms with Crippen molar-refractivity contribution in [2.45, 2.75) is 46.2 Å². The van der Waals surface area contributed by atoms with Crippen LogP contribution >= 0.6 is 24.0 Å². The molecule has 0 amide bonds. The molecule has 2 heterocycles. The molecule has 1 aliphatic rings. The van der Waals surface area contributed by atoms with E-state index in [9.17, 15) is 0 Å². The Hall–Kier alpha value is -0.900. The molecule has 1 aromatic rings. The van der Waals surface area contributed by atoms with Crippen molar-refractivity contribution >= 4 is 29.9 Å². The summed E-state index contributed by atoms with van der Waals surface area (Å²) in [7, 11) is 1.86. The summed E-state index contributed by atoms with van der Waals surface area (Å²) in [6.45, 7) is 12.7. The van der Waals surface area contributed by atoms with Crippen LogP contribution in [0, 0.1) is 0 Å². The standard InChI is InChI=1S/C16H31N7.HI/c1-5-15-20-19-13-23(15)11-9-18-16(17-4)22-10-8-14(12-22)21(6-2)7-3;/h13-14H,5-12H2,1-4H3,(H,17,18);1H. The molecule has 1 atom stereocenters. The predicted octanol–water partition coefficient (Wildman–Crippen LogP) is 1.45. The van der Waals surface area contributed by atoms with Gasteiger partial charge in [-0.15, -0.1) is 34.2 Å². The zero-order chi connectivity index (χ0) is 16.7. The number of hydrogen-bond donors (Lipinski definition) is 1. The number of hydrogen-bond acceptors (Lipinski definition) is 4. The summed E-state index contributed by atoms with van der Waals surface area (Å²) < 4.78 is 2.10. The first-order valence-electron chi connectivity index (χ1n) is 8.79. The average molecular weight is 449 g/mol. The lowest BCUT2D eigenvalue weighted by Gasteiger charge is -2.27. The van der Waals surface area contributed by atoms with Gasteiger partial charge < -0.3 is 14.8 Å². The Bertz CT molecular complexity index is 498. The molecule has 7 nitrogen and oxygen atoms in total. The maximum Gasteiger partial charge on any atom is 0.193 e. The quantitative estimate of drug-likeness (QED) is 0.388. The Morgan fingerprint density at radius 1 is 1.38 bits per heavy atom. The summed E-state index contributed by atoms with van der Waals surface area (Å²) in [5.41, 5.74) is 0. The van der Waals surface area contributed by atoms with Gasteiger partial charge in [0.25, 0.3) is 0 Å². The molecule has 1 N–H and O–H groups in total. The van der Waals surface area contributed by atoms with E-state index in [0.29, 0.717) is 6.04 Å². The Morgan fingerprint density at radius 2 is 2.12 bits per heavy atom. The average Bonchev–Trinajstić information content (AvgIpc) is 3.22. The number of guanidine groups is 1. The second-order valence-corrected chi connectivity index (χ2v) is 5.88. The van der Waals surface area contributed by atoms with Crippen LogP contribution in [-0.4, -0.2) is 76.3 Å². The number of rotatable bonds is 7. The number of nitrogens with zero attached hydrogens (tertiary/aromatic N) is 6. The highest BCUT2D eigenvalue weighted by Crippen LogP contribution is 2.15. The highest BCUT2D eigenvalue weighted by molar-refractivity contribution is 14.0. The fourth-order valence-electron chi connectivity index (χ4n) is 3.33. The minimum absolute atomic E-state index is 0. The van der Waals surface area contributed by atoms with Crippen molar-refractivity contribution in [2.75, 3.05) is 39.8 Å². The third kappa shape index (κ3) is 5.30. The number of likely N-dealkylation sites (N-methyl/N-ethyl adjacent to an activating group) is 1. The summed E-state index contributed by atoms with van der Waals surface area (Å²) >= 11 is 0. The Kier molecular flexibility index (Phi) is 9.57. The maximum atomic E-state index is 4.45. The van der Waals surface area contributed by atoms with E-state index >= 15 is 0 Å². The van der Waals surface area contributed by atoms with Crippen LogP contribution in [0.4, 0.5) is 0 Å². The summed E-state index contributed by atoms with van der Waals surface area (Å²) in [5.74, 6) is 2.04. The van der Waals surface area contributed by atoms with Crippen LogP contribution in [0.3, 0.4) is 0 Å². The van der Waals surface area contributed by atoms with E-state index in [-0.39, 0.29) is 24.0 Å². The predicted molar refractivity (Wildman–Crippen MR) is 109 cm³/mol. The molecule has 0 radical (unpaired) electrons. The van der Waals surface area contributed by atoms with Crippen LogP contribution in [0.15, 0.2) is 11.3 Å². The van der Waals surface area contributed by atoms with Gasteiger partial charge in [0.2, 0.25) is 0 Å². The number of aromatic nitrogens is 3. The van der Waals surface area contributed by atoms with E-state index in [2.05, 4.69) is 55.6 Å². The fraction of sp³-hybridized carbons (Fsp3) is 0.812. The van der Waals surface area contributed by atoms with Crippen LogP contribution < -0.4 is 5.32 Å². The van der Waals surface area contributed by atoms with E-state index in [4.69, 9.17) is 0 Å². The zero-order valence-electron chi connectivity index (χ0n) is 15.4. The van der Waals surface area contributed by atoms with Crippen LogP contribution in [0.25, 0.3) is 0 Å². The van der Waals surface area contributed by atoms with Crippen molar-refractivity contribution in [1.29, 1.82) is 0 Å². The number of nitrogens with one attached hydrogen (secondary N) is 1. The molecule has 2 rings (SSSR count). The maximum absolute atomic E-state index is 4.45. The molecule has 1 aromatic heterocycles. The zero-order valence-corrected chi connectivity index (χ0v) is 17.7. The van der Waals surface area contributed by atoms with Gasteiger partial charge in [0.1, 0.15) is 12.2 Å². The second kappa shape index (κ2) is 10.9. The van der Waals surface area contributed by atoms with E-state index in [1.165, 1.54) is 6.42 Å². The molecule has 24 heavy (non-hydrogen) atoms. The smallest absolute Gasteiger partial charge is 0.193 e. The van der Waals surface area contributed by atoms with Crippen LogP contribution in [0.1, 0.15) is 33.0 Å². The fourth-order valence-corrected chi connectivity index (χ4v) is 3.33. The molecule has 1 saturated heterocycles. The highest BCUT2D eigenvalue weighted by Gasteiger charge is 2.27. The first-order chi connectivity index (χ1) is 11.2. The van der Waals surface area contributed by atoms with E-state index < -0.39 is 0 Å². The molecule has 0 spiro atoms. The van der Waals surface area contributed by atoms with Crippen LogP contribution in [-0.2, 0) is 13.0 Å². The van der Waals surface area contributed by atoms with Crippen molar-refractivity contribution in [3.05, 3.63) is 12.2 Å². The van der Waals surface area contributed by atoms with E-state index in [1.54, 1.807) is 6.33 Å². The van der Waals surface area contributed by atoms with Gasteiger partial charge >= 0.3 is 0 Å². The van der Waals surface area contributed by atoms with Crippen molar-refractivity contribution < 1.29 is 0 Å². The third-order valence-corrected chi connectivity index (χ3v) is 4.65. The lowest BCUT2D eigenvalue weighted by molar-refractivity contribution is 0.223. The lowest BCUT2D eigenvalue weighted by atomic mass is 10.2. The normalized spacial score (nSPS) is 18.1. The van der Waals surface area contributed by atoms with Crippen molar-refractivity contribution in [3.63, 3.8) is 0 Å². The lowest BCUT2D eigenvalue weighted by Crippen LogP contribution is -2.44. The van der Waals surface area contributed by atoms with Gasteiger partial charge in [-0.25, -0.2) is 0 Å². The topological polar surface area (TPSA) is 61.6 Å². The van der Waals surface area contributed by atoms with Crippen molar-refractivity contribution in [1.82, 2.24) is 29.9 Å². The summed E-state index contributed by atoms with van der Waals surface area (Å²) in [4.78, 5) is 9.36. The number of halogens is 1. The van der Waals surface area contributed by atoms with Gasteiger partial charge in [0.15, 0.2) is 5.96 Å². The third-order valence-electron chi connectivity index (χ3n) is 4.65. The first-order valence-corrected chi connectivity index (χ1v) is 8.79. The number of aryl methyl sites for hydroxylation is 1. The molecular weight excluding hydrogens is 417 g/mol. The molecule has 138 valence electrons. The molecule has 1 aliphatic heterocycles. The Morgan fingerprint density at radius 3 is 2.75 bits per heavy atom. The monoisotopic (exact) mass is 449 g/mol. The van der Waals surface area contributed by atoms with Crippen molar-refractivity contribution in [3.8, 4) is 0 Å². The molecule has 1 unspecified atom stereocenters. The molecule has 1 fully saturated rings. The number of aliphatic imine (C=N–C) groups is 1. The molecule has 0 bridgehead atoms. The van der Waals surface area contributed by atoms with Gasteiger partial charge in [-0.1, -0.05) is 20.8 Å². The summed E-state index contributed by atoms with van der Waals surface area (Å²) in [5, 5.41) is 11.6. The van der Waals surface area contributed by atoms with Gasteiger partial charge in [-0.3, -0.25) is 9.89 Å². The van der Waals surface area contributed by atoms with Gasteiger partial charge in [-0.2, -0.15) is 0 Å². The molecular formula is C16H32IN7. The van der Waals surface area contributed by atoms with Gasteiger partial charge in [0, 0.05) is 45.7 Å². The minimum atomic E-state index is 0. The first kappa shape index (κ1) is 21.1. The summed E-state index contributed by atoms with van der Waals surface area (Å²) in [6, 6.07) is 0.646. The Balaban J connectivity index is 0.00000288. The van der Waals surface area contributed by atoms with Gasteiger partial charge in [0.05, 0.1) is 0 Å². The van der Waals surface area contributed by atoms with E-state index in [1.807, 2.05) is 7.05 Å². The summed E-state index contributed by atoms with van der Waals surface area (Å²) in [6.07, 6.45) is 3.93. The van der Waals surface area contributed by atoms with Crippen LogP contribution in [0.2, 0.25) is 0 Å². The SMILES string of the molecule is CCc1nncn1CCNC(=NC)N1CCC(N(CC)CC)C1.I. The number of likely N-dealkylation sites (tertiary alicyclic amines) is 1. The van der Waals surface area contributed by atoms with Gasteiger partial charge in [-0.05, 0) is 19.5 Å². The molecule has 0 aliphatic carbocycles. The Labute approximate surface area is 162 Å². The largest absolute Gasteiger partial charge is 0.354 e. The molecule has 0 saturated carbocycles. The minimum Gasteiger partial charge on any atom is -0.354 e. The van der Waals surface area contributed by atoms with Crippen LogP contribution in [0.5, 0.6) is 0 Å². The van der Waals surface area contributed by atoms with Crippen molar-refractivity contribution in [2.24, 2.45) is 4.99 Å². The second-order valence-electron chi connectivity index (χ2n) is 5.88. The molecule has 8 heteroatoms. The molecule has 0 aromatic carbocycles. The van der Waals surface area contributed by atoms with E-state index in [0.717, 1.165) is 57.5 Å².